The number of aliphatic hydroxyl groups is 1. The van der Waals surface area contributed by atoms with Crippen molar-refractivity contribution >= 4 is 28.9 Å². The standard InChI is InChI=1S/C20H22O3S2/c1-20(16-6-3-2-4-7-16)19(22)13-17(23-20)12-18(25-10-5-9-21)15-8-11-24-14-15/h2-4,6-8,11,13-14,18,21H,5,9-10,12H2,1H3. The molecule has 0 bridgehead atoms. The van der Waals surface area contributed by atoms with E-state index >= 15 is 0 Å². The van der Waals surface area contributed by atoms with Gasteiger partial charge < -0.3 is 9.84 Å². The number of allylic oxidation sites excluding steroid dienone is 1. The van der Waals surface area contributed by atoms with Gasteiger partial charge in [-0.2, -0.15) is 23.1 Å². The minimum Gasteiger partial charge on any atom is -0.479 e. The molecule has 2 aromatic rings. The van der Waals surface area contributed by atoms with Gasteiger partial charge in [-0.1, -0.05) is 30.3 Å². The summed E-state index contributed by atoms with van der Waals surface area (Å²) in [5, 5.41) is 13.5. The summed E-state index contributed by atoms with van der Waals surface area (Å²) in [6.07, 6.45) is 3.10. The van der Waals surface area contributed by atoms with E-state index in [4.69, 9.17) is 9.84 Å². The summed E-state index contributed by atoms with van der Waals surface area (Å²) in [4.78, 5) is 12.6. The molecular weight excluding hydrogens is 352 g/mol. The minimum atomic E-state index is -0.925. The Bertz CT molecular complexity index is 725. The molecule has 0 radical (unpaired) electrons. The lowest BCUT2D eigenvalue weighted by Crippen LogP contribution is -2.29. The van der Waals surface area contributed by atoms with E-state index < -0.39 is 5.60 Å². The van der Waals surface area contributed by atoms with Crippen LogP contribution in [0.5, 0.6) is 0 Å². The minimum absolute atomic E-state index is 0.00173. The van der Waals surface area contributed by atoms with E-state index in [0.717, 1.165) is 23.5 Å². The van der Waals surface area contributed by atoms with Crippen LogP contribution in [0.1, 0.15) is 36.1 Å². The summed E-state index contributed by atoms with van der Waals surface area (Å²) in [5.74, 6) is 1.62. The number of carbonyl (C=O) groups excluding carboxylic acids is 1. The predicted molar refractivity (Wildman–Crippen MR) is 104 cm³/mol. The molecule has 132 valence electrons. The number of ether oxygens (including phenoxy) is 1. The summed E-state index contributed by atoms with van der Waals surface area (Å²) < 4.78 is 6.13. The molecule has 5 heteroatoms. The van der Waals surface area contributed by atoms with Gasteiger partial charge in [-0.05, 0) is 41.5 Å². The third-order valence-electron chi connectivity index (χ3n) is 4.35. The van der Waals surface area contributed by atoms with Crippen LogP contribution >= 0.6 is 23.1 Å². The van der Waals surface area contributed by atoms with Gasteiger partial charge in [-0.3, -0.25) is 4.79 Å². The Labute approximate surface area is 156 Å². The largest absolute Gasteiger partial charge is 0.479 e. The molecule has 1 aromatic carbocycles. The van der Waals surface area contributed by atoms with E-state index in [1.54, 1.807) is 29.2 Å². The summed E-state index contributed by atoms with van der Waals surface area (Å²) >= 11 is 3.47. The second-order valence-corrected chi connectivity index (χ2v) is 8.26. The number of hydrogen-bond donors (Lipinski definition) is 1. The molecule has 1 N–H and O–H groups in total. The first-order chi connectivity index (χ1) is 12.1. The average Bonchev–Trinajstić information content (AvgIpc) is 3.24. The van der Waals surface area contributed by atoms with E-state index in [9.17, 15) is 4.79 Å². The zero-order chi connectivity index (χ0) is 17.7. The summed E-state index contributed by atoms with van der Waals surface area (Å²) in [6, 6.07) is 11.8. The topological polar surface area (TPSA) is 46.5 Å². The highest BCUT2D eigenvalue weighted by Crippen LogP contribution is 2.42. The van der Waals surface area contributed by atoms with Crippen molar-refractivity contribution in [2.24, 2.45) is 0 Å². The van der Waals surface area contributed by atoms with Gasteiger partial charge in [0.05, 0.1) is 0 Å². The van der Waals surface area contributed by atoms with Crippen molar-refractivity contribution in [3.05, 3.63) is 70.1 Å². The maximum Gasteiger partial charge on any atom is 0.206 e. The quantitative estimate of drug-likeness (QED) is 0.681. The van der Waals surface area contributed by atoms with Crippen LogP contribution in [0.3, 0.4) is 0 Å². The Morgan fingerprint density at radius 3 is 2.76 bits per heavy atom. The Morgan fingerprint density at radius 2 is 2.08 bits per heavy atom. The van der Waals surface area contributed by atoms with Crippen LogP contribution in [-0.2, 0) is 15.1 Å². The fourth-order valence-electron chi connectivity index (χ4n) is 2.89. The zero-order valence-corrected chi connectivity index (χ0v) is 15.8. The molecule has 3 nitrogen and oxygen atoms in total. The third-order valence-corrected chi connectivity index (χ3v) is 6.41. The molecule has 0 saturated carbocycles. The normalized spacial score (nSPS) is 21.0. The fourth-order valence-corrected chi connectivity index (χ4v) is 4.89. The van der Waals surface area contributed by atoms with Crippen LogP contribution in [-0.4, -0.2) is 23.2 Å². The molecule has 2 atom stereocenters. The lowest BCUT2D eigenvalue weighted by atomic mass is 9.92. The maximum absolute atomic E-state index is 12.6. The highest BCUT2D eigenvalue weighted by Gasteiger charge is 2.42. The van der Waals surface area contributed by atoms with Crippen LogP contribution in [0, 0.1) is 0 Å². The second-order valence-electron chi connectivity index (χ2n) is 6.17. The molecule has 0 aliphatic carbocycles. The number of aliphatic hydroxyl groups excluding tert-OH is 1. The molecule has 3 rings (SSSR count). The molecular formula is C20H22O3S2. The van der Waals surface area contributed by atoms with Crippen molar-refractivity contribution in [1.29, 1.82) is 0 Å². The van der Waals surface area contributed by atoms with Gasteiger partial charge in [0.25, 0.3) is 0 Å². The number of thiophene rings is 1. The van der Waals surface area contributed by atoms with Crippen LogP contribution in [0.15, 0.2) is 59.0 Å². The van der Waals surface area contributed by atoms with Crippen molar-refractivity contribution in [2.75, 3.05) is 12.4 Å². The van der Waals surface area contributed by atoms with E-state index in [2.05, 4.69) is 16.8 Å². The fraction of sp³-hybridized carbons (Fsp3) is 0.350. The van der Waals surface area contributed by atoms with Gasteiger partial charge in [-0.15, -0.1) is 0 Å². The number of rotatable bonds is 8. The molecule has 0 saturated heterocycles. The molecule has 2 unspecified atom stereocenters. The maximum atomic E-state index is 12.6. The number of carbonyl (C=O) groups is 1. The van der Waals surface area contributed by atoms with Crippen molar-refractivity contribution in [2.45, 2.75) is 30.6 Å². The smallest absolute Gasteiger partial charge is 0.206 e. The Hall–Kier alpha value is -1.56. The summed E-state index contributed by atoms with van der Waals surface area (Å²) in [5.41, 5.74) is 1.20. The van der Waals surface area contributed by atoms with Gasteiger partial charge in [0, 0.05) is 29.9 Å². The van der Waals surface area contributed by atoms with Gasteiger partial charge in [0.1, 0.15) is 5.76 Å². The van der Waals surface area contributed by atoms with Crippen LogP contribution < -0.4 is 0 Å². The van der Waals surface area contributed by atoms with Crippen molar-refractivity contribution in [3.63, 3.8) is 0 Å². The van der Waals surface area contributed by atoms with Gasteiger partial charge in [0.2, 0.25) is 5.78 Å². The SMILES string of the molecule is CC1(c2ccccc2)OC(CC(SCCCO)c2ccsc2)=CC1=O. The number of hydrogen-bond acceptors (Lipinski definition) is 5. The average molecular weight is 375 g/mol. The summed E-state index contributed by atoms with van der Waals surface area (Å²) in [6.45, 7) is 2.04. The molecule has 2 heterocycles. The molecule has 1 aromatic heterocycles. The van der Waals surface area contributed by atoms with Crippen molar-refractivity contribution in [3.8, 4) is 0 Å². The number of benzene rings is 1. The Morgan fingerprint density at radius 1 is 1.28 bits per heavy atom. The van der Waals surface area contributed by atoms with E-state index in [1.165, 1.54) is 5.56 Å². The van der Waals surface area contributed by atoms with E-state index in [0.29, 0.717) is 6.42 Å². The lowest BCUT2D eigenvalue weighted by Gasteiger charge is -2.25. The predicted octanol–water partition coefficient (Wildman–Crippen LogP) is 4.69. The van der Waals surface area contributed by atoms with Crippen LogP contribution in [0.4, 0.5) is 0 Å². The van der Waals surface area contributed by atoms with Gasteiger partial charge in [-0.25, -0.2) is 0 Å². The first kappa shape index (κ1) is 18.2. The number of ketones is 1. The molecule has 0 fully saturated rings. The van der Waals surface area contributed by atoms with Crippen molar-refractivity contribution < 1.29 is 14.6 Å². The van der Waals surface area contributed by atoms with E-state index in [-0.39, 0.29) is 17.6 Å². The second kappa shape index (κ2) is 8.21. The first-order valence-electron chi connectivity index (χ1n) is 8.37. The highest BCUT2D eigenvalue weighted by molar-refractivity contribution is 7.99. The summed E-state index contributed by atoms with van der Waals surface area (Å²) in [7, 11) is 0. The molecule has 0 amide bonds. The van der Waals surface area contributed by atoms with Crippen LogP contribution in [0.2, 0.25) is 0 Å². The van der Waals surface area contributed by atoms with Gasteiger partial charge >= 0.3 is 0 Å². The zero-order valence-electron chi connectivity index (χ0n) is 14.2. The third kappa shape index (κ3) is 4.17. The lowest BCUT2D eigenvalue weighted by molar-refractivity contribution is -0.129. The monoisotopic (exact) mass is 374 g/mol. The molecule has 0 spiro atoms. The molecule has 25 heavy (non-hydrogen) atoms. The van der Waals surface area contributed by atoms with Crippen LogP contribution in [0.25, 0.3) is 0 Å². The number of thioether (sulfide) groups is 1. The first-order valence-corrected chi connectivity index (χ1v) is 10.4. The van der Waals surface area contributed by atoms with Gasteiger partial charge in [0.15, 0.2) is 5.60 Å². The molecule has 1 aliphatic rings. The Balaban J connectivity index is 1.73. The molecule has 1 aliphatic heterocycles. The van der Waals surface area contributed by atoms with E-state index in [1.807, 2.05) is 37.3 Å². The highest BCUT2D eigenvalue weighted by atomic mass is 32.2. The Kier molecular flexibility index (Phi) is 5.99. The van der Waals surface area contributed by atoms with Crippen molar-refractivity contribution in [1.82, 2.24) is 0 Å².